The Labute approximate surface area is 120 Å². The van der Waals surface area contributed by atoms with Gasteiger partial charge in [-0.15, -0.1) is 5.10 Å². The van der Waals surface area contributed by atoms with Crippen molar-refractivity contribution >= 4 is 17.5 Å². The third-order valence-electron chi connectivity index (χ3n) is 3.24. The molecule has 0 saturated heterocycles. The van der Waals surface area contributed by atoms with Crippen molar-refractivity contribution in [1.82, 2.24) is 15.2 Å². The third kappa shape index (κ3) is 3.23. The number of hydrogen-bond donors (Lipinski definition) is 1. The minimum atomic E-state index is 0.657. The van der Waals surface area contributed by atoms with Crippen molar-refractivity contribution in [3.63, 3.8) is 0 Å². The van der Waals surface area contributed by atoms with Gasteiger partial charge in [-0.25, -0.2) is 0 Å². The Morgan fingerprint density at radius 2 is 1.90 bits per heavy atom. The minimum Gasteiger partial charge on any atom is -0.340 e. The van der Waals surface area contributed by atoms with Crippen molar-refractivity contribution in [2.24, 2.45) is 0 Å². The standard InChI is InChI=1S/C15H21N5/c1-5-20(6-2)15-18-14(10-16-19-15)17-13-8-7-11(3)9-12(13)4/h7-10H,5-6H2,1-4H3,(H,17,18,19). The lowest BCUT2D eigenvalue weighted by Gasteiger charge is -2.18. The van der Waals surface area contributed by atoms with Crippen LogP contribution in [0.15, 0.2) is 24.4 Å². The van der Waals surface area contributed by atoms with Crippen LogP contribution in [0, 0.1) is 13.8 Å². The fourth-order valence-electron chi connectivity index (χ4n) is 2.09. The summed E-state index contributed by atoms with van der Waals surface area (Å²) in [6.45, 7) is 10.1. The first kappa shape index (κ1) is 14.2. The Morgan fingerprint density at radius 1 is 1.15 bits per heavy atom. The molecule has 1 N–H and O–H groups in total. The molecule has 0 saturated carbocycles. The number of nitrogens with zero attached hydrogens (tertiary/aromatic N) is 4. The summed E-state index contributed by atoms with van der Waals surface area (Å²) < 4.78 is 0. The Balaban J connectivity index is 2.23. The van der Waals surface area contributed by atoms with E-state index in [1.165, 1.54) is 11.1 Å². The Hall–Kier alpha value is -2.17. The number of nitrogens with one attached hydrogen (secondary N) is 1. The summed E-state index contributed by atoms with van der Waals surface area (Å²) in [5.74, 6) is 1.37. The van der Waals surface area contributed by atoms with Crippen molar-refractivity contribution in [2.45, 2.75) is 27.7 Å². The Morgan fingerprint density at radius 3 is 2.55 bits per heavy atom. The van der Waals surface area contributed by atoms with E-state index in [-0.39, 0.29) is 0 Å². The zero-order valence-electron chi connectivity index (χ0n) is 12.5. The molecule has 106 valence electrons. The van der Waals surface area contributed by atoms with Crippen molar-refractivity contribution < 1.29 is 0 Å². The van der Waals surface area contributed by atoms with Crippen LogP contribution in [-0.2, 0) is 0 Å². The highest BCUT2D eigenvalue weighted by atomic mass is 15.3. The normalized spacial score (nSPS) is 10.4. The van der Waals surface area contributed by atoms with E-state index in [0.717, 1.165) is 18.8 Å². The SMILES string of the molecule is CCN(CC)c1nncc(Nc2ccc(C)cc2C)n1. The second-order valence-corrected chi connectivity index (χ2v) is 4.76. The van der Waals surface area contributed by atoms with Gasteiger partial charge in [0, 0.05) is 18.8 Å². The minimum absolute atomic E-state index is 0.657. The van der Waals surface area contributed by atoms with Crippen LogP contribution in [0.1, 0.15) is 25.0 Å². The molecule has 1 heterocycles. The van der Waals surface area contributed by atoms with Crippen LogP contribution in [0.2, 0.25) is 0 Å². The van der Waals surface area contributed by atoms with Gasteiger partial charge >= 0.3 is 0 Å². The third-order valence-corrected chi connectivity index (χ3v) is 3.24. The molecule has 0 fully saturated rings. The van der Waals surface area contributed by atoms with Gasteiger partial charge in [0.15, 0.2) is 5.82 Å². The number of hydrogen-bond acceptors (Lipinski definition) is 5. The number of anilines is 3. The first-order valence-corrected chi connectivity index (χ1v) is 6.93. The second kappa shape index (κ2) is 6.32. The summed E-state index contributed by atoms with van der Waals surface area (Å²) in [5.41, 5.74) is 3.48. The molecule has 0 radical (unpaired) electrons. The summed E-state index contributed by atoms with van der Waals surface area (Å²) >= 11 is 0. The number of aromatic nitrogens is 3. The average molecular weight is 271 g/mol. The van der Waals surface area contributed by atoms with Gasteiger partial charge < -0.3 is 10.2 Å². The maximum Gasteiger partial charge on any atom is 0.247 e. The highest BCUT2D eigenvalue weighted by molar-refractivity contribution is 5.60. The molecular weight excluding hydrogens is 250 g/mol. The van der Waals surface area contributed by atoms with Crippen molar-refractivity contribution in [3.05, 3.63) is 35.5 Å². The molecule has 0 aliphatic rings. The van der Waals surface area contributed by atoms with Crippen molar-refractivity contribution in [2.75, 3.05) is 23.3 Å². The zero-order chi connectivity index (χ0) is 14.5. The molecule has 2 aromatic rings. The fourth-order valence-corrected chi connectivity index (χ4v) is 2.09. The van der Waals surface area contributed by atoms with E-state index in [4.69, 9.17) is 0 Å². The molecule has 0 aliphatic heterocycles. The molecular formula is C15H21N5. The Kier molecular flexibility index (Phi) is 4.50. The molecule has 0 unspecified atom stereocenters. The van der Waals surface area contributed by atoms with Crippen LogP contribution in [0.4, 0.5) is 17.5 Å². The van der Waals surface area contributed by atoms with E-state index in [9.17, 15) is 0 Å². The van der Waals surface area contributed by atoms with Crippen LogP contribution >= 0.6 is 0 Å². The summed E-state index contributed by atoms with van der Waals surface area (Å²) in [6.07, 6.45) is 1.65. The quantitative estimate of drug-likeness (QED) is 0.905. The van der Waals surface area contributed by atoms with Gasteiger partial charge in [0.2, 0.25) is 5.95 Å². The van der Waals surface area contributed by atoms with Gasteiger partial charge in [0.05, 0.1) is 6.20 Å². The molecule has 0 spiro atoms. The van der Waals surface area contributed by atoms with E-state index in [2.05, 4.69) is 71.3 Å². The maximum absolute atomic E-state index is 4.51. The predicted octanol–water partition coefficient (Wildman–Crippen LogP) is 3.08. The molecule has 0 amide bonds. The van der Waals surface area contributed by atoms with Gasteiger partial charge in [-0.1, -0.05) is 17.7 Å². The molecule has 5 nitrogen and oxygen atoms in total. The van der Waals surface area contributed by atoms with Crippen molar-refractivity contribution in [3.8, 4) is 0 Å². The molecule has 0 atom stereocenters. The highest BCUT2D eigenvalue weighted by Crippen LogP contribution is 2.20. The summed E-state index contributed by atoms with van der Waals surface area (Å²) in [5, 5.41) is 11.4. The first-order chi connectivity index (χ1) is 9.63. The van der Waals surface area contributed by atoms with Gasteiger partial charge in [0.25, 0.3) is 0 Å². The smallest absolute Gasteiger partial charge is 0.247 e. The largest absolute Gasteiger partial charge is 0.340 e. The topological polar surface area (TPSA) is 53.9 Å². The fraction of sp³-hybridized carbons (Fsp3) is 0.400. The Bertz CT molecular complexity index is 578. The lowest BCUT2D eigenvalue weighted by atomic mass is 10.1. The van der Waals surface area contributed by atoms with Gasteiger partial charge in [-0.05, 0) is 39.3 Å². The molecule has 1 aromatic heterocycles. The summed E-state index contributed by atoms with van der Waals surface area (Å²) in [7, 11) is 0. The maximum atomic E-state index is 4.51. The van der Waals surface area contributed by atoms with E-state index in [0.29, 0.717) is 11.8 Å². The highest BCUT2D eigenvalue weighted by Gasteiger charge is 2.08. The van der Waals surface area contributed by atoms with Crippen LogP contribution in [0.3, 0.4) is 0 Å². The van der Waals surface area contributed by atoms with E-state index in [1.807, 2.05) is 0 Å². The van der Waals surface area contributed by atoms with E-state index >= 15 is 0 Å². The molecule has 0 bridgehead atoms. The zero-order valence-corrected chi connectivity index (χ0v) is 12.5. The summed E-state index contributed by atoms with van der Waals surface area (Å²) in [6, 6.07) is 6.28. The monoisotopic (exact) mass is 271 g/mol. The molecule has 1 aromatic carbocycles. The molecule has 20 heavy (non-hydrogen) atoms. The average Bonchev–Trinajstić information content (AvgIpc) is 2.44. The lowest BCUT2D eigenvalue weighted by molar-refractivity contribution is 0.796. The number of aryl methyl sites for hydroxylation is 2. The predicted molar refractivity (Wildman–Crippen MR) is 82.6 cm³/mol. The molecule has 5 heteroatoms. The number of rotatable bonds is 5. The van der Waals surface area contributed by atoms with Crippen LogP contribution in [0.25, 0.3) is 0 Å². The number of benzene rings is 1. The molecule has 2 rings (SSSR count). The van der Waals surface area contributed by atoms with Crippen LogP contribution < -0.4 is 10.2 Å². The van der Waals surface area contributed by atoms with Crippen LogP contribution in [-0.4, -0.2) is 28.3 Å². The van der Waals surface area contributed by atoms with Crippen LogP contribution in [0.5, 0.6) is 0 Å². The van der Waals surface area contributed by atoms with E-state index < -0.39 is 0 Å². The van der Waals surface area contributed by atoms with Gasteiger partial charge in [-0.2, -0.15) is 10.1 Å². The van der Waals surface area contributed by atoms with Gasteiger partial charge in [-0.3, -0.25) is 0 Å². The molecule has 0 aliphatic carbocycles. The van der Waals surface area contributed by atoms with Gasteiger partial charge in [0.1, 0.15) is 0 Å². The lowest BCUT2D eigenvalue weighted by Crippen LogP contribution is -2.24. The van der Waals surface area contributed by atoms with Crippen molar-refractivity contribution in [1.29, 1.82) is 0 Å². The van der Waals surface area contributed by atoms with E-state index in [1.54, 1.807) is 6.20 Å². The second-order valence-electron chi connectivity index (χ2n) is 4.76. The summed E-state index contributed by atoms with van der Waals surface area (Å²) in [4.78, 5) is 6.58. The first-order valence-electron chi connectivity index (χ1n) is 6.93.